The van der Waals surface area contributed by atoms with Gasteiger partial charge >= 0.3 is 12.0 Å². The third-order valence-corrected chi connectivity index (χ3v) is 5.16. The van der Waals surface area contributed by atoms with Crippen molar-refractivity contribution in [2.75, 3.05) is 6.61 Å². The molecule has 4 rings (SSSR count). The molecule has 0 fully saturated rings. The van der Waals surface area contributed by atoms with E-state index in [1.807, 2.05) is 72.8 Å². The zero-order chi connectivity index (χ0) is 22.5. The topological polar surface area (TPSA) is 94.5 Å². The van der Waals surface area contributed by atoms with Crippen LogP contribution in [0.1, 0.15) is 12.5 Å². The number of carbonyl (C=O) groups is 1. The summed E-state index contributed by atoms with van der Waals surface area (Å²) in [7, 11) is 0. The first-order valence-corrected chi connectivity index (χ1v) is 10.3. The highest BCUT2D eigenvalue weighted by molar-refractivity contribution is 5.88. The number of nitro groups is 1. The van der Waals surface area contributed by atoms with Gasteiger partial charge in [0.25, 0.3) is 0 Å². The summed E-state index contributed by atoms with van der Waals surface area (Å²) >= 11 is 0. The number of aromatic nitrogens is 1. The van der Waals surface area contributed by atoms with Crippen LogP contribution in [0.3, 0.4) is 0 Å². The molecule has 32 heavy (non-hydrogen) atoms. The van der Waals surface area contributed by atoms with Crippen molar-refractivity contribution in [2.45, 2.75) is 19.4 Å². The summed E-state index contributed by atoms with van der Waals surface area (Å²) in [6, 6.07) is 21.7. The molecule has 1 heterocycles. The molecule has 7 heteroatoms. The molecule has 0 aliphatic rings. The molecule has 7 nitrogen and oxygen atoms in total. The van der Waals surface area contributed by atoms with E-state index in [1.54, 1.807) is 13.1 Å². The Labute approximate surface area is 184 Å². The zero-order valence-corrected chi connectivity index (χ0v) is 17.5. The molecule has 0 spiro atoms. The largest absolute Gasteiger partial charge is 0.461 e. The number of benzene rings is 3. The monoisotopic (exact) mass is 430 g/mol. The molecule has 1 unspecified atom stereocenters. The minimum atomic E-state index is -1.44. The minimum Gasteiger partial charge on any atom is -0.461 e. The van der Waals surface area contributed by atoms with Gasteiger partial charge in [-0.05, 0) is 60.0 Å². The Morgan fingerprint density at radius 3 is 2.38 bits per heavy atom. The number of carbonyl (C=O) groups excluding carboxylic acids is 1. The summed E-state index contributed by atoms with van der Waals surface area (Å²) in [5, 5.41) is 12.2. The molecule has 1 aromatic heterocycles. The second kappa shape index (κ2) is 9.34. The Morgan fingerprint density at radius 1 is 1.00 bits per heavy atom. The molecule has 3 aromatic carbocycles. The average molecular weight is 430 g/mol. The number of H-pyrrole nitrogens is 1. The van der Waals surface area contributed by atoms with Gasteiger partial charge in [0.1, 0.15) is 11.5 Å². The molecule has 0 radical (unpaired) electrons. The van der Waals surface area contributed by atoms with Crippen LogP contribution in [0.4, 0.5) is 0 Å². The van der Waals surface area contributed by atoms with Crippen LogP contribution in [-0.2, 0) is 16.0 Å². The first-order valence-electron chi connectivity index (χ1n) is 10.3. The van der Waals surface area contributed by atoms with E-state index in [1.165, 1.54) is 0 Å². The molecule has 162 valence electrons. The van der Waals surface area contributed by atoms with Crippen LogP contribution in [0.2, 0.25) is 0 Å². The van der Waals surface area contributed by atoms with Crippen molar-refractivity contribution < 1.29 is 19.2 Å². The quantitative estimate of drug-likeness (QED) is 0.230. The standard InChI is InChI=1S/C25H22N2O5/c1-2-31-25(28)24(27(29)30)15-19-16-26-23-13-10-18(14-22(19)23)17-8-11-21(12-9-17)32-20-6-4-3-5-7-20/h3-14,16,24,26H,2,15H2,1H3. The highest BCUT2D eigenvalue weighted by Gasteiger charge is 2.32. The Morgan fingerprint density at radius 2 is 1.69 bits per heavy atom. The Kier molecular flexibility index (Phi) is 6.17. The molecular weight excluding hydrogens is 408 g/mol. The van der Waals surface area contributed by atoms with Gasteiger partial charge < -0.3 is 14.5 Å². The number of hydrogen-bond donors (Lipinski definition) is 1. The van der Waals surface area contributed by atoms with E-state index in [9.17, 15) is 14.9 Å². The SMILES string of the molecule is CCOC(=O)C(Cc1c[nH]c2ccc(-c3ccc(Oc4ccccc4)cc3)cc12)[N+](=O)[O-]. The number of hydrogen-bond acceptors (Lipinski definition) is 5. The Balaban J connectivity index is 1.58. The highest BCUT2D eigenvalue weighted by Crippen LogP contribution is 2.29. The first kappa shape index (κ1) is 21.1. The van der Waals surface area contributed by atoms with Crippen molar-refractivity contribution in [3.8, 4) is 22.6 Å². The highest BCUT2D eigenvalue weighted by atomic mass is 16.6. The van der Waals surface area contributed by atoms with Gasteiger partial charge in [0.2, 0.25) is 0 Å². The predicted octanol–water partition coefficient (Wildman–Crippen LogP) is 5.38. The number of nitrogens with zero attached hydrogens (tertiary/aromatic N) is 1. The van der Waals surface area contributed by atoms with Gasteiger partial charge in [-0.15, -0.1) is 0 Å². The lowest BCUT2D eigenvalue weighted by Gasteiger charge is -2.09. The fraction of sp³-hybridized carbons (Fsp3) is 0.160. The summed E-state index contributed by atoms with van der Waals surface area (Å²) in [6.07, 6.45) is 1.67. The summed E-state index contributed by atoms with van der Waals surface area (Å²) in [6.45, 7) is 1.73. The molecule has 1 N–H and O–H groups in total. The molecule has 0 bridgehead atoms. The van der Waals surface area contributed by atoms with Crippen molar-refractivity contribution in [3.05, 3.63) is 94.7 Å². The van der Waals surface area contributed by atoms with Crippen LogP contribution in [-0.4, -0.2) is 28.5 Å². The Bertz CT molecular complexity index is 1230. The van der Waals surface area contributed by atoms with Crippen LogP contribution < -0.4 is 4.74 Å². The number of ether oxygens (including phenoxy) is 2. The maximum absolute atomic E-state index is 12.0. The maximum atomic E-state index is 12.0. The second-order valence-corrected chi connectivity index (χ2v) is 7.27. The van der Waals surface area contributed by atoms with E-state index in [4.69, 9.17) is 9.47 Å². The van der Waals surface area contributed by atoms with Crippen LogP contribution in [0.5, 0.6) is 11.5 Å². The molecule has 0 aliphatic carbocycles. The van der Waals surface area contributed by atoms with Gasteiger partial charge in [0, 0.05) is 22.0 Å². The van der Waals surface area contributed by atoms with Crippen LogP contribution in [0, 0.1) is 10.1 Å². The van der Waals surface area contributed by atoms with E-state index in [0.717, 1.165) is 33.5 Å². The third-order valence-electron chi connectivity index (χ3n) is 5.16. The molecular formula is C25H22N2O5. The smallest absolute Gasteiger partial charge is 0.382 e. The minimum absolute atomic E-state index is 0.0425. The maximum Gasteiger partial charge on any atom is 0.382 e. The lowest BCUT2D eigenvalue weighted by molar-refractivity contribution is -0.510. The van der Waals surface area contributed by atoms with Gasteiger partial charge in [-0.1, -0.05) is 36.4 Å². The van der Waals surface area contributed by atoms with Gasteiger partial charge in [0.15, 0.2) is 0 Å². The number of fused-ring (bicyclic) bond motifs is 1. The van der Waals surface area contributed by atoms with Gasteiger partial charge in [0.05, 0.1) is 13.0 Å². The zero-order valence-electron chi connectivity index (χ0n) is 17.5. The Hall–Kier alpha value is -4.13. The van der Waals surface area contributed by atoms with E-state index in [-0.39, 0.29) is 13.0 Å². The van der Waals surface area contributed by atoms with E-state index < -0.39 is 16.9 Å². The van der Waals surface area contributed by atoms with Gasteiger partial charge in [-0.25, -0.2) is 4.79 Å². The van der Waals surface area contributed by atoms with Crippen molar-refractivity contribution in [3.63, 3.8) is 0 Å². The van der Waals surface area contributed by atoms with E-state index >= 15 is 0 Å². The normalized spacial score (nSPS) is 11.8. The van der Waals surface area contributed by atoms with Crippen molar-refractivity contribution in [2.24, 2.45) is 0 Å². The van der Waals surface area contributed by atoms with Crippen molar-refractivity contribution in [1.82, 2.24) is 4.98 Å². The molecule has 0 aliphatic heterocycles. The number of esters is 1. The molecule has 0 saturated heterocycles. The van der Waals surface area contributed by atoms with E-state index in [2.05, 4.69) is 4.98 Å². The fourth-order valence-electron chi connectivity index (χ4n) is 3.56. The lowest BCUT2D eigenvalue weighted by atomic mass is 10.00. The van der Waals surface area contributed by atoms with Crippen LogP contribution in [0.25, 0.3) is 22.0 Å². The third kappa shape index (κ3) is 4.62. The summed E-state index contributed by atoms with van der Waals surface area (Å²) in [4.78, 5) is 26.0. The number of rotatable bonds is 8. The molecule has 0 amide bonds. The number of para-hydroxylation sites is 1. The van der Waals surface area contributed by atoms with E-state index in [0.29, 0.717) is 5.56 Å². The predicted molar refractivity (Wildman–Crippen MR) is 121 cm³/mol. The number of aromatic amines is 1. The van der Waals surface area contributed by atoms with Gasteiger partial charge in [-0.3, -0.25) is 10.1 Å². The van der Waals surface area contributed by atoms with Crippen LogP contribution >= 0.6 is 0 Å². The van der Waals surface area contributed by atoms with Gasteiger partial charge in [-0.2, -0.15) is 0 Å². The summed E-state index contributed by atoms with van der Waals surface area (Å²) < 4.78 is 10.7. The van der Waals surface area contributed by atoms with Crippen molar-refractivity contribution in [1.29, 1.82) is 0 Å². The molecule has 1 atom stereocenters. The first-order chi connectivity index (χ1) is 15.5. The fourth-order valence-corrected chi connectivity index (χ4v) is 3.56. The number of nitrogens with one attached hydrogen (secondary N) is 1. The van der Waals surface area contributed by atoms with Crippen molar-refractivity contribution >= 4 is 16.9 Å². The molecule has 0 saturated carbocycles. The average Bonchev–Trinajstić information content (AvgIpc) is 3.20. The molecule has 4 aromatic rings. The van der Waals surface area contributed by atoms with Crippen LogP contribution in [0.15, 0.2) is 79.0 Å². The summed E-state index contributed by atoms with van der Waals surface area (Å²) in [5.41, 5.74) is 3.48. The lowest BCUT2D eigenvalue weighted by Crippen LogP contribution is -2.33. The second-order valence-electron chi connectivity index (χ2n) is 7.27. The summed E-state index contributed by atoms with van der Waals surface area (Å²) in [5.74, 6) is 0.671.